The second-order valence-electron chi connectivity index (χ2n) is 8.24. The van der Waals surface area contributed by atoms with E-state index in [-0.39, 0.29) is 30.0 Å². The predicted molar refractivity (Wildman–Crippen MR) is 107 cm³/mol. The fraction of sp³-hybridized carbons (Fsp3) is 0.524. The summed E-state index contributed by atoms with van der Waals surface area (Å²) in [6.07, 6.45) is 4.36. The maximum atomic E-state index is 15.2. The number of halogens is 1. The third-order valence-electron chi connectivity index (χ3n) is 6.31. The number of aliphatic hydroxyl groups is 1. The summed E-state index contributed by atoms with van der Waals surface area (Å²) in [6.45, 7) is 2.95. The SMILES string of the molecule is Cc1c(N2CCC(CCO)[C@H](N)C2)c(F)cn2c(=O)c(C(=O)O)cc(C3CC3)c12. The summed E-state index contributed by atoms with van der Waals surface area (Å²) < 4.78 is 16.3. The van der Waals surface area contributed by atoms with Crippen molar-refractivity contribution in [2.24, 2.45) is 11.7 Å². The Morgan fingerprint density at radius 1 is 1.34 bits per heavy atom. The number of aliphatic hydroxyl groups excluding tert-OH is 1. The zero-order valence-corrected chi connectivity index (χ0v) is 16.4. The summed E-state index contributed by atoms with van der Waals surface area (Å²) in [5.74, 6) is -1.47. The van der Waals surface area contributed by atoms with E-state index in [1.807, 2.05) is 4.90 Å². The third-order valence-corrected chi connectivity index (χ3v) is 6.31. The first kappa shape index (κ1) is 19.8. The standard InChI is InChI=1S/C21H26FN3O4/c1-11-18-14(12-2-3-12)8-15(21(28)29)20(27)25(18)9-16(22)19(11)24-6-4-13(5-7-26)17(23)10-24/h8-9,12-13,17,26H,2-7,10,23H2,1H3,(H,28,29)/t13?,17-/m1/s1. The van der Waals surface area contributed by atoms with Crippen LogP contribution >= 0.6 is 0 Å². The smallest absolute Gasteiger partial charge is 0.341 e. The monoisotopic (exact) mass is 403 g/mol. The number of aromatic carboxylic acids is 1. The maximum absolute atomic E-state index is 15.2. The molecule has 0 spiro atoms. The van der Waals surface area contributed by atoms with Crippen LogP contribution in [0.1, 0.15) is 53.1 Å². The maximum Gasteiger partial charge on any atom is 0.341 e. The van der Waals surface area contributed by atoms with Gasteiger partial charge in [0.15, 0.2) is 5.82 Å². The normalized spacial score (nSPS) is 22.3. The number of hydrogen-bond donors (Lipinski definition) is 3. The number of piperidine rings is 1. The lowest BCUT2D eigenvalue weighted by Crippen LogP contribution is -2.49. The quantitative estimate of drug-likeness (QED) is 0.703. The van der Waals surface area contributed by atoms with Crippen molar-refractivity contribution in [1.82, 2.24) is 4.40 Å². The summed E-state index contributed by atoms with van der Waals surface area (Å²) >= 11 is 0. The fourth-order valence-electron chi connectivity index (χ4n) is 4.65. The Morgan fingerprint density at radius 2 is 2.07 bits per heavy atom. The lowest BCUT2D eigenvalue weighted by atomic mass is 9.89. The predicted octanol–water partition coefficient (Wildman–Crippen LogP) is 1.86. The molecule has 1 saturated heterocycles. The van der Waals surface area contributed by atoms with Crippen molar-refractivity contribution in [3.63, 3.8) is 0 Å². The van der Waals surface area contributed by atoms with Crippen molar-refractivity contribution in [2.45, 2.75) is 44.6 Å². The van der Waals surface area contributed by atoms with Crippen LogP contribution in [0, 0.1) is 18.7 Å². The van der Waals surface area contributed by atoms with Crippen LogP contribution in [-0.4, -0.2) is 46.3 Å². The van der Waals surface area contributed by atoms with Gasteiger partial charge in [0, 0.05) is 25.7 Å². The van der Waals surface area contributed by atoms with E-state index in [9.17, 15) is 19.8 Å². The first-order valence-corrected chi connectivity index (χ1v) is 10.1. The average Bonchev–Trinajstić information content (AvgIpc) is 3.49. The van der Waals surface area contributed by atoms with Gasteiger partial charge in [-0.05, 0) is 61.6 Å². The van der Waals surface area contributed by atoms with Crippen LogP contribution in [-0.2, 0) is 0 Å². The molecule has 0 aromatic carbocycles. The Hall–Kier alpha value is -2.45. The molecule has 2 atom stereocenters. The summed E-state index contributed by atoms with van der Waals surface area (Å²) in [6, 6.07) is 1.29. The number of rotatable bonds is 5. The van der Waals surface area contributed by atoms with Gasteiger partial charge in [0.05, 0.1) is 17.4 Å². The first-order valence-electron chi connectivity index (χ1n) is 10.1. The molecule has 1 aliphatic heterocycles. The molecular formula is C21H26FN3O4. The van der Waals surface area contributed by atoms with Gasteiger partial charge in [0.25, 0.3) is 5.56 Å². The molecule has 1 saturated carbocycles. The summed E-state index contributed by atoms with van der Waals surface area (Å²) in [5, 5.41) is 18.6. The van der Waals surface area contributed by atoms with Gasteiger partial charge < -0.3 is 20.8 Å². The van der Waals surface area contributed by atoms with E-state index in [1.165, 1.54) is 6.07 Å². The number of nitrogens with two attached hydrogens (primary N) is 1. The number of pyridine rings is 2. The molecular weight excluding hydrogens is 377 g/mol. The molecule has 0 amide bonds. The van der Waals surface area contributed by atoms with Gasteiger partial charge in [-0.2, -0.15) is 0 Å². The molecule has 2 aromatic rings. The highest BCUT2D eigenvalue weighted by Crippen LogP contribution is 2.44. The van der Waals surface area contributed by atoms with Crippen LogP contribution in [0.15, 0.2) is 17.1 Å². The zero-order valence-electron chi connectivity index (χ0n) is 16.4. The fourth-order valence-corrected chi connectivity index (χ4v) is 4.65. The number of hydrogen-bond acceptors (Lipinski definition) is 5. The molecule has 8 heteroatoms. The van der Waals surface area contributed by atoms with E-state index in [2.05, 4.69) is 0 Å². The molecule has 2 aromatic heterocycles. The van der Waals surface area contributed by atoms with E-state index < -0.39 is 17.3 Å². The van der Waals surface area contributed by atoms with Crippen LogP contribution in [0.5, 0.6) is 0 Å². The Bertz CT molecular complexity index is 1030. The molecule has 2 aliphatic rings. The van der Waals surface area contributed by atoms with E-state index in [0.29, 0.717) is 36.3 Å². The highest BCUT2D eigenvalue weighted by atomic mass is 19.1. The lowest BCUT2D eigenvalue weighted by Gasteiger charge is -2.39. The number of carboxylic acids is 1. The number of carboxylic acid groups (broad SMARTS) is 1. The van der Waals surface area contributed by atoms with Crippen molar-refractivity contribution >= 4 is 17.2 Å². The Kier molecular flexibility index (Phi) is 5.08. The molecule has 0 radical (unpaired) electrons. The number of fused-ring (bicyclic) bond motifs is 1. The van der Waals surface area contributed by atoms with Gasteiger partial charge in [-0.3, -0.25) is 9.20 Å². The van der Waals surface area contributed by atoms with Crippen molar-refractivity contribution in [3.05, 3.63) is 45.1 Å². The Labute approximate surface area is 167 Å². The first-order chi connectivity index (χ1) is 13.8. The zero-order chi connectivity index (χ0) is 20.9. The molecule has 156 valence electrons. The summed E-state index contributed by atoms with van der Waals surface area (Å²) in [4.78, 5) is 26.1. The van der Waals surface area contributed by atoms with Crippen LogP contribution in [0.2, 0.25) is 0 Å². The summed E-state index contributed by atoms with van der Waals surface area (Å²) in [7, 11) is 0. The minimum absolute atomic E-state index is 0.0846. The molecule has 1 unspecified atom stereocenters. The third kappa shape index (κ3) is 3.40. The average molecular weight is 403 g/mol. The van der Waals surface area contributed by atoms with Crippen LogP contribution in [0.4, 0.5) is 10.1 Å². The van der Waals surface area contributed by atoms with Crippen molar-refractivity contribution in [3.8, 4) is 0 Å². The molecule has 2 fully saturated rings. The largest absolute Gasteiger partial charge is 0.477 e. The van der Waals surface area contributed by atoms with Gasteiger partial charge in [0.1, 0.15) is 5.56 Å². The molecule has 1 aliphatic carbocycles. The molecule has 4 rings (SSSR count). The molecule has 29 heavy (non-hydrogen) atoms. The second kappa shape index (κ2) is 7.42. The van der Waals surface area contributed by atoms with Gasteiger partial charge in [0.2, 0.25) is 0 Å². The van der Waals surface area contributed by atoms with Crippen molar-refractivity contribution in [2.75, 3.05) is 24.6 Å². The van der Waals surface area contributed by atoms with Gasteiger partial charge in [-0.15, -0.1) is 0 Å². The lowest BCUT2D eigenvalue weighted by molar-refractivity contribution is 0.0694. The number of aromatic nitrogens is 1. The van der Waals surface area contributed by atoms with Gasteiger partial charge in [-0.25, -0.2) is 9.18 Å². The molecule has 4 N–H and O–H groups in total. The van der Waals surface area contributed by atoms with E-state index in [4.69, 9.17) is 5.73 Å². The molecule has 0 bridgehead atoms. The number of nitrogens with zero attached hydrogens (tertiary/aromatic N) is 2. The van der Waals surface area contributed by atoms with Gasteiger partial charge in [-0.1, -0.05) is 0 Å². The number of carbonyl (C=O) groups is 1. The van der Waals surface area contributed by atoms with E-state index >= 15 is 4.39 Å². The minimum atomic E-state index is -1.30. The van der Waals surface area contributed by atoms with Gasteiger partial charge >= 0.3 is 5.97 Å². The second-order valence-corrected chi connectivity index (χ2v) is 8.24. The Balaban J connectivity index is 1.85. The van der Waals surface area contributed by atoms with Crippen molar-refractivity contribution in [1.29, 1.82) is 0 Å². The minimum Gasteiger partial charge on any atom is -0.477 e. The van der Waals surface area contributed by atoms with Crippen LogP contribution < -0.4 is 16.2 Å². The van der Waals surface area contributed by atoms with Crippen molar-refractivity contribution < 1.29 is 19.4 Å². The Morgan fingerprint density at radius 3 is 2.66 bits per heavy atom. The van der Waals surface area contributed by atoms with Crippen LogP contribution in [0.25, 0.3) is 5.52 Å². The van der Waals surface area contributed by atoms with Crippen LogP contribution in [0.3, 0.4) is 0 Å². The number of aryl methyl sites for hydroxylation is 1. The molecule has 3 heterocycles. The van der Waals surface area contributed by atoms with E-state index in [0.717, 1.165) is 35.4 Å². The number of anilines is 1. The molecule has 7 nitrogen and oxygen atoms in total. The van der Waals surface area contributed by atoms with E-state index in [1.54, 1.807) is 6.92 Å². The summed E-state index contributed by atoms with van der Waals surface area (Å²) in [5.41, 5.74) is 7.68. The topological polar surface area (TPSA) is 108 Å². The highest BCUT2D eigenvalue weighted by molar-refractivity contribution is 5.89. The highest BCUT2D eigenvalue weighted by Gasteiger charge is 2.32.